The topological polar surface area (TPSA) is 46.5 Å². The van der Waals surface area contributed by atoms with Crippen LogP contribution in [0.4, 0.5) is 0 Å². The fraction of sp³-hybridized carbons (Fsp3) is 0.700. The molecule has 82 valence electrons. The van der Waals surface area contributed by atoms with Crippen molar-refractivity contribution < 1.29 is 14.6 Å². The van der Waals surface area contributed by atoms with Gasteiger partial charge in [0.15, 0.2) is 0 Å². The SMILES string of the molecule is C[Si](C)(C)CCOC(=O)CC/C=C/O. The minimum Gasteiger partial charge on any atom is -0.516 e. The van der Waals surface area contributed by atoms with Gasteiger partial charge in [0.25, 0.3) is 0 Å². The fourth-order valence-electron chi connectivity index (χ4n) is 0.819. The monoisotopic (exact) mass is 216 g/mol. The molecule has 14 heavy (non-hydrogen) atoms. The highest BCUT2D eigenvalue weighted by Gasteiger charge is 2.13. The van der Waals surface area contributed by atoms with E-state index < -0.39 is 8.07 Å². The first-order valence-electron chi connectivity index (χ1n) is 4.90. The number of carbonyl (C=O) groups excluding carboxylic acids is 1. The van der Waals surface area contributed by atoms with Crippen molar-refractivity contribution in [1.29, 1.82) is 0 Å². The lowest BCUT2D eigenvalue weighted by atomic mass is 10.3. The van der Waals surface area contributed by atoms with Gasteiger partial charge in [-0.05, 0) is 18.5 Å². The minimum atomic E-state index is -1.09. The quantitative estimate of drug-likeness (QED) is 0.422. The summed E-state index contributed by atoms with van der Waals surface area (Å²) in [6, 6.07) is 1.01. The van der Waals surface area contributed by atoms with Gasteiger partial charge in [-0.2, -0.15) is 0 Å². The van der Waals surface area contributed by atoms with Crippen molar-refractivity contribution in [3.63, 3.8) is 0 Å². The Morgan fingerprint density at radius 3 is 2.57 bits per heavy atom. The number of esters is 1. The van der Waals surface area contributed by atoms with Crippen LogP contribution in [0.25, 0.3) is 0 Å². The van der Waals surface area contributed by atoms with Gasteiger partial charge in [-0.1, -0.05) is 19.6 Å². The minimum absolute atomic E-state index is 0.179. The Bertz CT molecular complexity index is 194. The highest BCUT2D eigenvalue weighted by Crippen LogP contribution is 2.08. The summed E-state index contributed by atoms with van der Waals surface area (Å²) in [7, 11) is -1.09. The fourth-order valence-corrected chi connectivity index (χ4v) is 1.53. The van der Waals surface area contributed by atoms with Crippen molar-refractivity contribution >= 4 is 14.0 Å². The first-order chi connectivity index (χ1) is 6.45. The average Bonchev–Trinajstić information content (AvgIpc) is 2.02. The normalized spacial score (nSPS) is 11.9. The first-order valence-corrected chi connectivity index (χ1v) is 8.61. The van der Waals surface area contributed by atoms with Crippen LogP contribution in [0.5, 0.6) is 0 Å². The highest BCUT2D eigenvalue weighted by molar-refractivity contribution is 6.76. The van der Waals surface area contributed by atoms with Crippen molar-refractivity contribution in [2.75, 3.05) is 6.61 Å². The Morgan fingerprint density at radius 1 is 1.43 bits per heavy atom. The van der Waals surface area contributed by atoms with E-state index in [2.05, 4.69) is 19.6 Å². The number of aliphatic hydroxyl groups is 1. The maximum atomic E-state index is 11.1. The maximum absolute atomic E-state index is 11.1. The van der Waals surface area contributed by atoms with Crippen molar-refractivity contribution in [3.8, 4) is 0 Å². The number of carbonyl (C=O) groups is 1. The molecule has 0 amide bonds. The molecule has 4 heteroatoms. The summed E-state index contributed by atoms with van der Waals surface area (Å²) in [6.07, 6.45) is 3.39. The van der Waals surface area contributed by atoms with Crippen molar-refractivity contribution in [1.82, 2.24) is 0 Å². The van der Waals surface area contributed by atoms with Gasteiger partial charge in [0.05, 0.1) is 12.9 Å². The molecular weight excluding hydrogens is 196 g/mol. The molecule has 0 saturated heterocycles. The molecule has 0 aliphatic carbocycles. The third-order valence-electron chi connectivity index (χ3n) is 1.74. The second-order valence-corrected chi connectivity index (χ2v) is 10.1. The van der Waals surface area contributed by atoms with Gasteiger partial charge in [-0.3, -0.25) is 4.79 Å². The standard InChI is InChI=1S/C10H20O3Si/c1-14(2,3)9-8-13-10(12)6-4-5-7-11/h5,7,11H,4,6,8-9H2,1-3H3/b7-5+. The molecule has 0 unspecified atom stereocenters. The third kappa shape index (κ3) is 9.32. The maximum Gasteiger partial charge on any atom is 0.306 e. The molecule has 3 nitrogen and oxygen atoms in total. The summed E-state index contributed by atoms with van der Waals surface area (Å²) < 4.78 is 5.04. The van der Waals surface area contributed by atoms with Crippen LogP contribution >= 0.6 is 0 Å². The van der Waals surface area contributed by atoms with E-state index in [4.69, 9.17) is 9.84 Å². The lowest BCUT2D eigenvalue weighted by Gasteiger charge is -2.14. The zero-order chi connectivity index (χ0) is 11.0. The van der Waals surface area contributed by atoms with E-state index in [1.807, 2.05) is 0 Å². The number of rotatable bonds is 6. The number of hydrogen-bond donors (Lipinski definition) is 1. The van der Waals surface area contributed by atoms with Crippen LogP contribution < -0.4 is 0 Å². The Labute approximate surface area is 86.8 Å². The van der Waals surface area contributed by atoms with Gasteiger partial charge < -0.3 is 9.84 Å². The summed E-state index contributed by atoms with van der Waals surface area (Å²) in [5.74, 6) is -0.179. The molecule has 0 aromatic carbocycles. The molecule has 0 spiro atoms. The molecule has 0 fully saturated rings. The smallest absolute Gasteiger partial charge is 0.306 e. The predicted molar refractivity (Wildman–Crippen MR) is 60.1 cm³/mol. The molecule has 0 aromatic heterocycles. The molecular formula is C10H20O3Si. The van der Waals surface area contributed by atoms with Crippen molar-refractivity contribution in [2.45, 2.75) is 38.5 Å². The summed E-state index contributed by atoms with van der Waals surface area (Å²) in [5.41, 5.74) is 0. The zero-order valence-corrected chi connectivity index (χ0v) is 10.2. The summed E-state index contributed by atoms with van der Waals surface area (Å²) in [6.45, 7) is 7.28. The van der Waals surface area contributed by atoms with Crippen LogP contribution in [-0.4, -0.2) is 25.8 Å². The van der Waals surface area contributed by atoms with E-state index in [-0.39, 0.29) is 5.97 Å². The average molecular weight is 216 g/mol. The van der Waals surface area contributed by atoms with E-state index in [0.717, 1.165) is 12.3 Å². The lowest BCUT2D eigenvalue weighted by Crippen LogP contribution is -2.22. The van der Waals surface area contributed by atoms with Crippen LogP contribution in [-0.2, 0) is 9.53 Å². The molecule has 0 bridgehead atoms. The Balaban J connectivity index is 3.45. The van der Waals surface area contributed by atoms with Crippen LogP contribution in [0.3, 0.4) is 0 Å². The molecule has 0 saturated carbocycles. The molecule has 1 N–H and O–H groups in total. The van der Waals surface area contributed by atoms with E-state index in [9.17, 15) is 4.79 Å². The molecule has 0 rings (SSSR count). The number of allylic oxidation sites excluding steroid dienone is 1. The summed E-state index contributed by atoms with van der Waals surface area (Å²) >= 11 is 0. The molecule has 0 radical (unpaired) electrons. The van der Waals surface area contributed by atoms with E-state index in [1.165, 1.54) is 0 Å². The van der Waals surface area contributed by atoms with E-state index in [0.29, 0.717) is 19.4 Å². The Morgan fingerprint density at radius 2 is 2.07 bits per heavy atom. The Kier molecular flexibility index (Phi) is 6.28. The summed E-state index contributed by atoms with van der Waals surface area (Å²) in [5, 5.41) is 8.33. The molecule has 0 heterocycles. The van der Waals surface area contributed by atoms with Crippen LogP contribution in [0.15, 0.2) is 12.3 Å². The second-order valence-electron chi connectivity index (χ2n) is 4.45. The van der Waals surface area contributed by atoms with Crippen LogP contribution in [0.1, 0.15) is 12.8 Å². The van der Waals surface area contributed by atoms with Gasteiger partial charge in [-0.15, -0.1) is 0 Å². The predicted octanol–water partition coefficient (Wildman–Crippen LogP) is 2.72. The van der Waals surface area contributed by atoms with E-state index in [1.54, 1.807) is 6.08 Å². The van der Waals surface area contributed by atoms with Crippen LogP contribution in [0.2, 0.25) is 25.7 Å². The second kappa shape index (κ2) is 6.65. The van der Waals surface area contributed by atoms with Gasteiger partial charge in [-0.25, -0.2) is 0 Å². The van der Waals surface area contributed by atoms with Gasteiger partial charge in [0, 0.05) is 14.5 Å². The first kappa shape index (κ1) is 13.2. The van der Waals surface area contributed by atoms with Gasteiger partial charge >= 0.3 is 5.97 Å². The van der Waals surface area contributed by atoms with Gasteiger partial charge in [0.2, 0.25) is 0 Å². The lowest BCUT2D eigenvalue weighted by molar-refractivity contribution is -0.143. The molecule has 0 aliphatic rings. The Hall–Kier alpha value is -0.773. The molecule has 0 aliphatic heterocycles. The van der Waals surface area contributed by atoms with Crippen molar-refractivity contribution in [2.24, 2.45) is 0 Å². The zero-order valence-electron chi connectivity index (χ0n) is 9.25. The largest absolute Gasteiger partial charge is 0.516 e. The molecule has 0 aromatic rings. The van der Waals surface area contributed by atoms with Gasteiger partial charge in [0.1, 0.15) is 0 Å². The molecule has 0 atom stereocenters. The third-order valence-corrected chi connectivity index (χ3v) is 3.44. The summed E-state index contributed by atoms with van der Waals surface area (Å²) in [4.78, 5) is 11.1. The highest BCUT2D eigenvalue weighted by atomic mass is 28.3. The number of ether oxygens (including phenoxy) is 1. The van der Waals surface area contributed by atoms with E-state index >= 15 is 0 Å². The van der Waals surface area contributed by atoms with Crippen LogP contribution in [0, 0.1) is 0 Å². The number of aliphatic hydroxyl groups excluding tert-OH is 1. The number of hydrogen-bond acceptors (Lipinski definition) is 3. The van der Waals surface area contributed by atoms with Crippen molar-refractivity contribution in [3.05, 3.63) is 12.3 Å².